The maximum Gasteiger partial charge on any atom is 0.322 e. The van der Waals surface area contributed by atoms with Crippen molar-refractivity contribution in [1.82, 2.24) is 15.0 Å². The van der Waals surface area contributed by atoms with Crippen LogP contribution < -0.4 is 15.5 Å². The molecule has 38 heavy (non-hydrogen) atoms. The molecule has 3 heterocycles. The summed E-state index contributed by atoms with van der Waals surface area (Å²) in [5.74, 6) is 1.86. The van der Waals surface area contributed by atoms with Gasteiger partial charge in [-0.3, -0.25) is 4.79 Å². The Morgan fingerprint density at radius 3 is 2.76 bits per heavy atom. The SMILES string of the molecule is O=C(O)CNc1ccc(-c2cccc(Nc3ccnc(N4CCCC(OC5=C(O)CCC=C5)C4)n3)n2)cc1. The van der Waals surface area contributed by atoms with E-state index in [1.165, 1.54) is 0 Å². The molecule has 196 valence electrons. The van der Waals surface area contributed by atoms with Gasteiger partial charge in [0.05, 0.1) is 12.2 Å². The van der Waals surface area contributed by atoms with Gasteiger partial charge in [-0.15, -0.1) is 0 Å². The molecular weight excluding hydrogens is 484 g/mol. The molecule has 1 aliphatic heterocycles. The van der Waals surface area contributed by atoms with Crippen LogP contribution in [0, 0.1) is 0 Å². The molecule has 1 saturated heterocycles. The number of hydrogen-bond acceptors (Lipinski definition) is 9. The number of allylic oxidation sites excluding steroid dienone is 3. The van der Waals surface area contributed by atoms with E-state index in [4.69, 9.17) is 19.8 Å². The first-order valence-electron chi connectivity index (χ1n) is 12.7. The molecule has 4 N–H and O–H groups in total. The molecule has 5 rings (SSSR count). The average molecular weight is 515 g/mol. The molecule has 0 saturated carbocycles. The van der Waals surface area contributed by atoms with Crippen LogP contribution in [0.2, 0.25) is 0 Å². The molecule has 3 aromatic rings. The number of aromatic nitrogens is 3. The van der Waals surface area contributed by atoms with Gasteiger partial charge in [0, 0.05) is 30.4 Å². The molecule has 0 spiro atoms. The Kier molecular flexibility index (Phi) is 7.67. The van der Waals surface area contributed by atoms with Gasteiger partial charge < -0.3 is 30.5 Å². The number of nitrogens with zero attached hydrogens (tertiary/aromatic N) is 4. The first-order chi connectivity index (χ1) is 18.5. The second kappa shape index (κ2) is 11.6. The second-order valence-electron chi connectivity index (χ2n) is 9.18. The number of carboxylic acids is 1. The second-order valence-corrected chi connectivity index (χ2v) is 9.18. The Labute approximate surface area is 220 Å². The molecule has 1 aromatic carbocycles. The first-order valence-corrected chi connectivity index (χ1v) is 12.7. The Bertz CT molecular complexity index is 1340. The maximum atomic E-state index is 10.7. The molecule has 2 aliphatic rings. The Morgan fingerprint density at radius 1 is 1.11 bits per heavy atom. The van der Waals surface area contributed by atoms with Crippen molar-refractivity contribution >= 4 is 29.2 Å². The van der Waals surface area contributed by atoms with Gasteiger partial charge in [-0.05, 0) is 55.7 Å². The average Bonchev–Trinajstić information content (AvgIpc) is 2.94. The summed E-state index contributed by atoms with van der Waals surface area (Å²) in [5, 5.41) is 25.1. The highest BCUT2D eigenvalue weighted by atomic mass is 16.5. The van der Waals surface area contributed by atoms with E-state index in [0.29, 0.717) is 42.1 Å². The normalized spacial score (nSPS) is 17.3. The minimum Gasteiger partial charge on any atom is -0.508 e. The van der Waals surface area contributed by atoms with Gasteiger partial charge in [0.15, 0.2) is 5.76 Å². The quantitative estimate of drug-likeness (QED) is 0.313. The number of carbonyl (C=O) groups is 1. The number of anilines is 4. The smallest absolute Gasteiger partial charge is 0.322 e. The molecule has 1 fully saturated rings. The number of aliphatic hydroxyl groups is 1. The summed E-state index contributed by atoms with van der Waals surface area (Å²) in [5.41, 5.74) is 2.42. The van der Waals surface area contributed by atoms with Gasteiger partial charge in [0.25, 0.3) is 0 Å². The lowest BCUT2D eigenvalue weighted by Crippen LogP contribution is -2.40. The highest BCUT2D eigenvalue weighted by Gasteiger charge is 2.25. The van der Waals surface area contributed by atoms with Crippen LogP contribution in [0.15, 0.2) is 78.4 Å². The third kappa shape index (κ3) is 6.39. The molecule has 0 bridgehead atoms. The van der Waals surface area contributed by atoms with Crippen LogP contribution >= 0.6 is 0 Å². The number of aliphatic carboxylic acids is 1. The summed E-state index contributed by atoms with van der Waals surface area (Å²) < 4.78 is 6.10. The molecule has 1 aliphatic carbocycles. The van der Waals surface area contributed by atoms with E-state index in [1.807, 2.05) is 54.6 Å². The van der Waals surface area contributed by atoms with Crippen molar-refractivity contribution in [2.45, 2.75) is 31.8 Å². The van der Waals surface area contributed by atoms with E-state index in [0.717, 1.165) is 42.8 Å². The molecule has 0 radical (unpaired) electrons. The predicted molar refractivity (Wildman–Crippen MR) is 145 cm³/mol. The molecule has 2 aromatic heterocycles. The summed E-state index contributed by atoms with van der Waals surface area (Å²) in [7, 11) is 0. The lowest BCUT2D eigenvalue weighted by Gasteiger charge is -2.33. The Morgan fingerprint density at radius 2 is 1.95 bits per heavy atom. The zero-order valence-corrected chi connectivity index (χ0v) is 20.9. The van der Waals surface area contributed by atoms with Crippen molar-refractivity contribution in [2.75, 3.05) is 35.2 Å². The van der Waals surface area contributed by atoms with Gasteiger partial charge in [-0.2, -0.15) is 4.98 Å². The fourth-order valence-corrected chi connectivity index (χ4v) is 4.44. The summed E-state index contributed by atoms with van der Waals surface area (Å²) in [6.45, 7) is 1.33. The van der Waals surface area contributed by atoms with Crippen LogP contribution in [-0.2, 0) is 9.53 Å². The predicted octanol–water partition coefficient (Wildman–Crippen LogP) is 4.88. The van der Waals surface area contributed by atoms with Crippen LogP contribution in [0.4, 0.5) is 23.3 Å². The Hall–Kier alpha value is -4.60. The topological polar surface area (TPSA) is 133 Å². The van der Waals surface area contributed by atoms with Crippen molar-refractivity contribution in [3.8, 4) is 11.3 Å². The van der Waals surface area contributed by atoms with Crippen LogP contribution in [0.5, 0.6) is 0 Å². The maximum absolute atomic E-state index is 10.7. The molecule has 10 nitrogen and oxygen atoms in total. The zero-order chi connectivity index (χ0) is 26.3. The largest absolute Gasteiger partial charge is 0.508 e. The van der Waals surface area contributed by atoms with Gasteiger partial charge in [-0.25, -0.2) is 9.97 Å². The summed E-state index contributed by atoms with van der Waals surface area (Å²) in [6, 6.07) is 15.0. The zero-order valence-electron chi connectivity index (χ0n) is 20.9. The summed E-state index contributed by atoms with van der Waals surface area (Å²) >= 11 is 0. The van der Waals surface area contributed by atoms with E-state index in [-0.39, 0.29) is 12.6 Å². The van der Waals surface area contributed by atoms with E-state index < -0.39 is 5.97 Å². The number of rotatable bonds is 9. The van der Waals surface area contributed by atoms with Crippen molar-refractivity contribution in [3.63, 3.8) is 0 Å². The number of carboxylic acid groups (broad SMARTS) is 1. The van der Waals surface area contributed by atoms with E-state index in [9.17, 15) is 9.90 Å². The lowest BCUT2D eigenvalue weighted by atomic mass is 10.1. The molecule has 1 unspecified atom stereocenters. The molecule has 0 amide bonds. The minimum atomic E-state index is -0.911. The van der Waals surface area contributed by atoms with Crippen molar-refractivity contribution in [2.24, 2.45) is 0 Å². The third-order valence-corrected chi connectivity index (χ3v) is 6.33. The van der Waals surface area contributed by atoms with Crippen molar-refractivity contribution in [3.05, 3.63) is 78.4 Å². The molecule has 10 heteroatoms. The lowest BCUT2D eigenvalue weighted by molar-refractivity contribution is -0.134. The number of benzene rings is 1. The van der Waals surface area contributed by atoms with Gasteiger partial charge in [-0.1, -0.05) is 24.3 Å². The highest BCUT2D eigenvalue weighted by molar-refractivity contribution is 5.73. The monoisotopic (exact) mass is 514 g/mol. The highest BCUT2D eigenvalue weighted by Crippen LogP contribution is 2.26. The van der Waals surface area contributed by atoms with Crippen LogP contribution in [0.1, 0.15) is 25.7 Å². The Balaban J connectivity index is 1.24. The minimum absolute atomic E-state index is 0.0482. The van der Waals surface area contributed by atoms with E-state index >= 15 is 0 Å². The third-order valence-electron chi connectivity index (χ3n) is 6.33. The molecule has 1 atom stereocenters. The summed E-state index contributed by atoms with van der Waals surface area (Å²) in [6.07, 6.45) is 8.84. The number of ether oxygens (including phenoxy) is 1. The fraction of sp³-hybridized carbons (Fsp3) is 0.286. The number of pyridine rings is 1. The van der Waals surface area contributed by atoms with Gasteiger partial charge in [0.1, 0.15) is 30.0 Å². The first kappa shape index (κ1) is 25.1. The standard InChI is InChI=1S/C28H30N6O4/c35-23-7-1-2-8-24(23)38-21-5-4-16-34(18-21)28-29-15-14-26(33-28)32-25-9-3-6-22(31-25)19-10-12-20(13-11-19)30-17-27(36)37/h2-3,6,8-15,21,30,35H,1,4-5,7,16-18H2,(H,36,37)(H,29,31,32,33). The van der Waals surface area contributed by atoms with Crippen LogP contribution in [0.25, 0.3) is 11.3 Å². The van der Waals surface area contributed by atoms with Crippen LogP contribution in [0.3, 0.4) is 0 Å². The number of aliphatic hydroxyl groups excluding tert-OH is 1. The number of hydrogen-bond donors (Lipinski definition) is 4. The molecular formula is C28H30N6O4. The summed E-state index contributed by atoms with van der Waals surface area (Å²) in [4.78, 5) is 26.8. The van der Waals surface area contributed by atoms with Gasteiger partial charge in [0.2, 0.25) is 5.95 Å². The van der Waals surface area contributed by atoms with Gasteiger partial charge >= 0.3 is 5.97 Å². The van der Waals surface area contributed by atoms with Crippen molar-refractivity contribution in [1.29, 1.82) is 0 Å². The van der Waals surface area contributed by atoms with Crippen molar-refractivity contribution < 1.29 is 19.7 Å². The number of nitrogens with one attached hydrogen (secondary N) is 2. The van der Waals surface area contributed by atoms with Crippen LogP contribution in [-0.4, -0.2) is 56.9 Å². The number of piperidine rings is 1. The van der Waals surface area contributed by atoms with E-state index in [1.54, 1.807) is 12.3 Å². The van der Waals surface area contributed by atoms with E-state index in [2.05, 4.69) is 20.5 Å². The fourth-order valence-electron chi connectivity index (χ4n) is 4.44.